The lowest BCUT2D eigenvalue weighted by Gasteiger charge is -2.40. The molecule has 2 aliphatic heterocycles. The SMILES string of the molecule is CCOc1cccc(F)c1CN1CCN(C(=O)[C@H](NC(=O)OCc2ccccc2)C2CCN(CCc3cc(Cl)ccc3-c3ccoc3)CC2)CC1. The van der Waals surface area contributed by atoms with Crippen molar-refractivity contribution in [2.75, 3.05) is 52.4 Å². The van der Waals surface area contributed by atoms with Crippen LogP contribution in [0.1, 0.15) is 36.5 Å². The number of piperidine rings is 1. The lowest BCUT2D eigenvalue weighted by atomic mass is 9.88. The Bertz CT molecular complexity index is 1720. The van der Waals surface area contributed by atoms with Gasteiger partial charge in [0.1, 0.15) is 24.2 Å². The smallest absolute Gasteiger partial charge is 0.408 e. The van der Waals surface area contributed by atoms with Crippen molar-refractivity contribution in [2.24, 2.45) is 5.92 Å². The van der Waals surface area contributed by atoms with Gasteiger partial charge >= 0.3 is 6.09 Å². The molecular weight excluding hydrogens is 671 g/mol. The second kappa shape index (κ2) is 17.7. The molecule has 1 aromatic heterocycles. The molecule has 0 aliphatic carbocycles. The van der Waals surface area contributed by atoms with Crippen molar-refractivity contribution in [2.45, 2.75) is 45.4 Å². The zero-order chi connectivity index (χ0) is 35.6. The summed E-state index contributed by atoms with van der Waals surface area (Å²) < 4.78 is 31.3. The van der Waals surface area contributed by atoms with Crippen LogP contribution in [0.15, 0.2) is 89.7 Å². The molecule has 1 N–H and O–H groups in total. The van der Waals surface area contributed by atoms with Crippen LogP contribution < -0.4 is 10.1 Å². The van der Waals surface area contributed by atoms with Crippen LogP contribution in [0.5, 0.6) is 5.75 Å². The van der Waals surface area contributed by atoms with Crippen molar-refractivity contribution in [1.29, 1.82) is 0 Å². The number of amides is 2. The Kier molecular flexibility index (Phi) is 12.6. The monoisotopic (exact) mass is 716 g/mol. The summed E-state index contributed by atoms with van der Waals surface area (Å²) in [6, 6.07) is 21.6. The number of nitrogens with one attached hydrogen (secondary N) is 1. The van der Waals surface area contributed by atoms with Gasteiger partial charge in [-0.1, -0.05) is 54.1 Å². The van der Waals surface area contributed by atoms with Crippen molar-refractivity contribution < 1.29 is 27.9 Å². The number of alkyl carbamates (subject to hydrolysis) is 1. The summed E-state index contributed by atoms with van der Waals surface area (Å²) in [5.41, 5.74) is 4.69. The molecule has 2 aliphatic rings. The average molecular weight is 717 g/mol. The number of ether oxygens (including phenoxy) is 2. The van der Waals surface area contributed by atoms with E-state index in [1.165, 1.54) is 6.07 Å². The summed E-state index contributed by atoms with van der Waals surface area (Å²) in [7, 11) is 0. The highest BCUT2D eigenvalue weighted by Crippen LogP contribution is 2.29. The number of carbonyl (C=O) groups is 2. The maximum Gasteiger partial charge on any atom is 0.408 e. The van der Waals surface area contributed by atoms with Gasteiger partial charge in [0, 0.05) is 55.4 Å². The van der Waals surface area contributed by atoms with E-state index in [0.29, 0.717) is 55.7 Å². The molecule has 0 radical (unpaired) electrons. The van der Waals surface area contributed by atoms with Gasteiger partial charge in [0.15, 0.2) is 0 Å². The van der Waals surface area contributed by atoms with Crippen molar-refractivity contribution in [3.8, 4) is 16.9 Å². The molecule has 9 nitrogen and oxygen atoms in total. The van der Waals surface area contributed by atoms with E-state index >= 15 is 0 Å². The quantitative estimate of drug-likeness (QED) is 0.159. The van der Waals surface area contributed by atoms with E-state index in [4.69, 9.17) is 25.5 Å². The third-order valence-electron chi connectivity index (χ3n) is 9.89. The van der Waals surface area contributed by atoms with Crippen molar-refractivity contribution in [3.63, 3.8) is 0 Å². The third kappa shape index (κ3) is 9.70. The lowest BCUT2D eigenvalue weighted by molar-refractivity contribution is -0.137. The standard InChI is InChI=1S/C40H46ClFN4O5/c1-2-50-37-10-6-9-36(42)35(37)26-45-20-22-46(23-21-45)39(47)38(43-40(48)51-27-29-7-4-3-5-8-29)30-13-17-44(18-14-30)19-15-31-25-33(41)11-12-34(31)32-16-24-49-28-32/h3-12,16,24-25,28,30,38H,2,13-15,17-23,26-27H2,1H3,(H,43,48)/t38-/m1/s1. The number of nitrogens with zero attached hydrogens (tertiary/aromatic N) is 3. The normalized spacial score (nSPS) is 16.5. The van der Waals surface area contributed by atoms with Crippen molar-refractivity contribution >= 4 is 23.6 Å². The van der Waals surface area contributed by atoms with E-state index in [9.17, 15) is 14.0 Å². The Morgan fingerprint density at radius 3 is 2.47 bits per heavy atom. The molecule has 0 spiro atoms. The molecule has 4 aromatic rings. The molecule has 2 amide bonds. The molecule has 0 bridgehead atoms. The first kappa shape index (κ1) is 36.4. The van der Waals surface area contributed by atoms with Crippen LogP contribution in [-0.2, 0) is 29.1 Å². The van der Waals surface area contributed by atoms with Crippen LogP contribution >= 0.6 is 11.6 Å². The van der Waals surface area contributed by atoms with Gasteiger partial charge in [-0.05, 0) is 92.2 Å². The minimum Gasteiger partial charge on any atom is -0.493 e. The summed E-state index contributed by atoms with van der Waals surface area (Å²) >= 11 is 6.37. The van der Waals surface area contributed by atoms with Crippen LogP contribution in [0, 0.1) is 11.7 Å². The average Bonchev–Trinajstić information content (AvgIpc) is 3.69. The summed E-state index contributed by atoms with van der Waals surface area (Å²) in [5.74, 6) is 0.104. The number of likely N-dealkylation sites (tertiary alicyclic amines) is 1. The largest absolute Gasteiger partial charge is 0.493 e. The number of halogens is 2. The molecule has 0 unspecified atom stereocenters. The molecule has 51 heavy (non-hydrogen) atoms. The fourth-order valence-electron chi connectivity index (χ4n) is 7.06. The van der Waals surface area contributed by atoms with E-state index in [2.05, 4.69) is 15.1 Å². The number of furan rings is 1. The summed E-state index contributed by atoms with van der Waals surface area (Å²) in [6.07, 6.45) is 5.15. The van der Waals surface area contributed by atoms with E-state index in [1.54, 1.807) is 24.7 Å². The number of benzene rings is 3. The Morgan fingerprint density at radius 2 is 1.75 bits per heavy atom. The summed E-state index contributed by atoms with van der Waals surface area (Å²) in [5, 5.41) is 3.66. The first-order chi connectivity index (χ1) is 24.9. The van der Waals surface area contributed by atoms with Gasteiger partial charge < -0.3 is 29.0 Å². The number of piperazine rings is 1. The maximum atomic E-state index is 14.8. The molecule has 3 heterocycles. The second-order valence-corrected chi connectivity index (χ2v) is 13.6. The Balaban J connectivity index is 1.07. The lowest BCUT2D eigenvalue weighted by Crippen LogP contribution is -2.58. The number of carbonyl (C=O) groups excluding carboxylic acids is 2. The number of rotatable bonds is 13. The Labute approximate surface area is 304 Å². The first-order valence-electron chi connectivity index (χ1n) is 17.8. The molecule has 2 fully saturated rings. The van der Waals surface area contributed by atoms with Gasteiger partial charge in [-0.3, -0.25) is 9.69 Å². The Hall–Kier alpha value is -4.38. The molecule has 1 atom stereocenters. The summed E-state index contributed by atoms with van der Waals surface area (Å²) in [4.78, 5) is 33.7. The van der Waals surface area contributed by atoms with Crippen LogP contribution in [-0.4, -0.2) is 85.2 Å². The zero-order valence-electron chi connectivity index (χ0n) is 29.1. The minimum atomic E-state index is -0.710. The maximum absolute atomic E-state index is 14.8. The highest BCUT2D eigenvalue weighted by atomic mass is 35.5. The van der Waals surface area contributed by atoms with Gasteiger partial charge in [0.25, 0.3) is 0 Å². The molecule has 0 saturated carbocycles. The van der Waals surface area contributed by atoms with Crippen molar-refractivity contribution in [1.82, 2.24) is 20.0 Å². The topological polar surface area (TPSA) is 87.5 Å². The Morgan fingerprint density at radius 1 is 0.961 bits per heavy atom. The first-order valence-corrected chi connectivity index (χ1v) is 18.2. The van der Waals surface area contributed by atoms with Crippen LogP contribution in [0.3, 0.4) is 0 Å². The molecule has 6 rings (SSSR count). The van der Waals surface area contributed by atoms with Gasteiger partial charge in [0.2, 0.25) is 5.91 Å². The molecule has 3 aromatic carbocycles. The van der Waals surface area contributed by atoms with Crippen LogP contribution in [0.25, 0.3) is 11.1 Å². The highest BCUT2D eigenvalue weighted by Gasteiger charge is 2.37. The predicted molar refractivity (Wildman–Crippen MR) is 195 cm³/mol. The zero-order valence-corrected chi connectivity index (χ0v) is 29.8. The molecule has 2 saturated heterocycles. The second-order valence-electron chi connectivity index (χ2n) is 13.2. The predicted octanol–water partition coefficient (Wildman–Crippen LogP) is 7.03. The van der Waals surface area contributed by atoms with E-state index in [-0.39, 0.29) is 24.2 Å². The minimum absolute atomic E-state index is 0.0455. The van der Waals surface area contributed by atoms with E-state index < -0.39 is 12.1 Å². The van der Waals surface area contributed by atoms with E-state index in [1.807, 2.05) is 66.4 Å². The highest BCUT2D eigenvalue weighted by molar-refractivity contribution is 6.30. The van der Waals surface area contributed by atoms with Crippen LogP contribution in [0.2, 0.25) is 5.02 Å². The molecular formula is C40H46ClFN4O5. The van der Waals surface area contributed by atoms with Gasteiger partial charge in [-0.15, -0.1) is 0 Å². The molecule has 11 heteroatoms. The fraction of sp³-hybridized carbons (Fsp3) is 0.400. The molecule has 270 valence electrons. The third-order valence-corrected chi connectivity index (χ3v) is 10.1. The fourth-order valence-corrected chi connectivity index (χ4v) is 7.25. The van der Waals surface area contributed by atoms with Gasteiger partial charge in [-0.2, -0.15) is 0 Å². The summed E-state index contributed by atoms with van der Waals surface area (Å²) in [6.45, 7) is 7.42. The van der Waals surface area contributed by atoms with Gasteiger partial charge in [0.05, 0.1) is 19.1 Å². The number of hydrogen-bond donors (Lipinski definition) is 1. The van der Waals surface area contributed by atoms with E-state index in [0.717, 1.165) is 61.2 Å². The van der Waals surface area contributed by atoms with Gasteiger partial charge in [-0.25, -0.2) is 9.18 Å². The van der Waals surface area contributed by atoms with Crippen molar-refractivity contribution in [3.05, 3.63) is 113 Å². The number of hydrogen-bond acceptors (Lipinski definition) is 7. The van der Waals surface area contributed by atoms with Crippen LogP contribution in [0.4, 0.5) is 9.18 Å².